The number of rotatable bonds is 2. The van der Waals surface area contributed by atoms with E-state index in [1.165, 1.54) is 0 Å². The van der Waals surface area contributed by atoms with Crippen LogP contribution in [0.15, 0.2) is 6.07 Å². The third-order valence-corrected chi connectivity index (χ3v) is 1.61. The molecule has 3 nitrogen and oxygen atoms in total. The van der Waals surface area contributed by atoms with Crippen molar-refractivity contribution in [2.75, 3.05) is 0 Å². The standard InChI is InChI=1S/C7H3ClF3NO2/c8-5(14)2-1-3(13)4(6(9)10)12-7(2)11/h1,6,13H. The molecular formula is C7H3ClF3NO2. The van der Waals surface area contributed by atoms with E-state index in [4.69, 9.17) is 16.7 Å². The van der Waals surface area contributed by atoms with Crippen molar-refractivity contribution in [2.24, 2.45) is 0 Å². The van der Waals surface area contributed by atoms with E-state index >= 15 is 0 Å². The molecule has 1 heterocycles. The lowest BCUT2D eigenvalue weighted by atomic mass is 10.2. The van der Waals surface area contributed by atoms with Gasteiger partial charge in [0.15, 0.2) is 5.69 Å². The van der Waals surface area contributed by atoms with E-state index in [9.17, 15) is 18.0 Å². The van der Waals surface area contributed by atoms with Crippen molar-refractivity contribution in [3.63, 3.8) is 0 Å². The Bertz CT molecular complexity index is 383. The predicted molar refractivity (Wildman–Crippen MR) is 41.0 cm³/mol. The Hall–Kier alpha value is -1.30. The van der Waals surface area contributed by atoms with Gasteiger partial charge in [0.2, 0.25) is 5.95 Å². The smallest absolute Gasteiger partial charge is 0.284 e. The number of pyridine rings is 1. The van der Waals surface area contributed by atoms with E-state index in [1.807, 2.05) is 0 Å². The van der Waals surface area contributed by atoms with Gasteiger partial charge >= 0.3 is 0 Å². The molecule has 0 aliphatic rings. The van der Waals surface area contributed by atoms with Crippen LogP contribution in [-0.4, -0.2) is 15.3 Å². The molecule has 14 heavy (non-hydrogen) atoms. The van der Waals surface area contributed by atoms with Gasteiger partial charge in [-0.05, 0) is 17.7 Å². The fourth-order valence-corrected chi connectivity index (χ4v) is 0.924. The van der Waals surface area contributed by atoms with Crippen LogP contribution in [-0.2, 0) is 0 Å². The summed E-state index contributed by atoms with van der Waals surface area (Å²) in [5.74, 6) is -2.40. The second kappa shape index (κ2) is 3.83. The number of halogens is 4. The molecule has 0 aromatic carbocycles. The van der Waals surface area contributed by atoms with Gasteiger partial charge in [-0.1, -0.05) is 0 Å². The number of nitrogens with zero attached hydrogens (tertiary/aromatic N) is 1. The molecule has 7 heteroatoms. The molecule has 76 valence electrons. The lowest BCUT2D eigenvalue weighted by molar-refractivity contribution is 0.107. The van der Waals surface area contributed by atoms with Crippen LogP contribution in [0.5, 0.6) is 5.75 Å². The minimum atomic E-state index is -3.12. The Morgan fingerprint density at radius 2 is 2.14 bits per heavy atom. The maximum Gasteiger partial charge on any atom is 0.284 e. The molecule has 0 spiro atoms. The fourth-order valence-electron chi connectivity index (χ4n) is 0.792. The molecule has 0 aliphatic heterocycles. The first-order chi connectivity index (χ1) is 6.43. The molecule has 0 atom stereocenters. The second-order valence-electron chi connectivity index (χ2n) is 2.31. The van der Waals surface area contributed by atoms with Crippen LogP contribution in [0.4, 0.5) is 13.2 Å². The summed E-state index contributed by atoms with van der Waals surface area (Å²) in [6.45, 7) is 0. The lowest BCUT2D eigenvalue weighted by Crippen LogP contribution is -2.02. The molecule has 1 rings (SSSR count). The van der Waals surface area contributed by atoms with Gasteiger partial charge in [0.05, 0.1) is 5.56 Å². The lowest BCUT2D eigenvalue weighted by Gasteiger charge is -2.03. The Balaban J connectivity index is 3.31. The number of hydrogen-bond donors (Lipinski definition) is 1. The summed E-state index contributed by atoms with van der Waals surface area (Å²) in [6.07, 6.45) is -3.12. The van der Waals surface area contributed by atoms with Crippen molar-refractivity contribution in [1.29, 1.82) is 0 Å². The summed E-state index contributed by atoms with van der Waals surface area (Å²) in [5, 5.41) is 7.70. The normalized spacial score (nSPS) is 10.6. The fraction of sp³-hybridized carbons (Fsp3) is 0.143. The molecule has 0 unspecified atom stereocenters. The van der Waals surface area contributed by atoms with Gasteiger partial charge < -0.3 is 5.11 Å². The Morgan fingerprint density at radius 3 is 2.57 bits per heavy atom. The summed E-state index contributed by atoms with van der Waals surface area (Å²) < 4.78 is 36.8. The van der Waals surface area contributed by atoms with E-state index in [0.29, 0.717) is 6.07 Å². The van der Waals surface area contributed by atoms with E-state index in [0.717, 1.165) is 0 Å². The van der Waals surface area contributed by atoms with Crippen LogP contribution in [0.2, 0.25) is 0 Å². The largest absolute Gasteiger partial charge is 0.506 e. The van der Waals surface area contributed by atoms with E-state index in [-0.39, 0.29) is 0 Å². The van der Waals surface area contributed by atoms with Gasteiger partial charge in [0, 0.05) is 0 Å². The highest BCUT2D eigenvalue weighted by molar-refractivity contribution is 6.67. The summed E-state index contributed by atoms with van der Waals surface area (Å²) in [6, 6.07) is 0.513. The van der Waals surface area contributed by atoms with Crippen LogP contribution >= 0.6 is 11.6 Å². The molecule has 0 bridgehead atoms. The number of carbonyl (C=O) groups is 1. The average molecular weight is 226 g/mol. The minimum Gasteiger partial charge on any atom is -0.506 e. The molecule has 1 aromatic heterocycles. The van der Waals surface area contributed by atoms with Gasteiger partial charge in [0.1, 0.15) is 5.75 Å². The van der Waals surface area contributed by atoms with Gasteiger partial charge in [-0.15, -0.1) is 0 Å². The van der Waals surface area contributed by atoms with Gasteiger partial charge in [-0.3, -0.25) is 4.79 Å². The number of carbonyl (C=O) groups excluding carboxylic acids is 1. The molecule has 0 saturated carbocycles. The maximum atomic E-state index is 12.8. The Labute approximate surface area is 81.1 Å². The zero-order valence-corrected chi connectivity index (χ0v) is 7.23. The molecule has 0 saturated heterocycles. The highest BCUT2D eigenvalue weighted by Crippen LogP contribution is 2.28. The van der Waals surface area contributed by atoms with Crippen LogP contribution in [0, 0.1) is 5.95 Å². The van der Waals surface area contributed by atoms with Gasteiger partial charge in [-0.2, -0.15) is 4.39 Å². The summed E-state index contributed by atoms with van der Waals surface area (Å²) in [4.78, 5) is 13.2. The van der Waals surface area contributed by atoms with Gasteiger partial charge in [0.25, 0.3) is 11.7 Å². The number of aromatic nitrogens is 1. The summed E-state index contributed by atoms with van der Waals surface area (Å²) >= 11 is 4.89. The van der Waals surface area contributed by atoms with Crippen molar-refractivity contribution in [3.05, 3.63) is 23.3 Å². The summed E-state index contributed by atoms with van der Waals surface area (Å²) in [7, 11) is 0. The van der Waals surface area contributed by atoms with E-state index in [2.05, 4.69) is 4.98 Å². The predicted octanol–water partition coefficient (Wildman–Crippen LogP) is 2.24. The van der Waals surface area contributed by atoms with Crippen LogP contribution < -0.4 is 0 Å². The SMILES string of the molecule is O=C(Cl)c1cc(O)c(C(F)F)nc1F. The number of aromatic hydroxyl groups is 1. The number of alkyl halides is 2. The van der Waals surface area contributed by atoms with E-state index < -0.39 is 34.6 Å². The van der Waals surface area contributed by atoms with Crippen molar-refractivity contribution in [3.8, 4) is 5.75 Å². The van der Waals surface area contributed by atoms with Crippen molar-refractivity contribution in [2.45, 2.75) is 6.43 Å². The first kappa shape index (κ1) is 10.8. The van der Waals surface area contributed by atoms with Crippen molar-refractivity contribution < 1.29 is 23.1 Å². The first-order valence-electron chi connectivity index (χ1n) is 3.31. The monoisotopic (exact) mass is 225 g/mol. The number of hydrogen-bond acceptors (Lipinski definition) is 3. The average Bonchev–Trinajstić information content (AvgIpc) is 2.07. The first-order valence-corrected chi connectivity index (χ1v) is 3.68. The van der Waals surface area contributed by atoms with Crippen molar-refractivity contribution in [1.82, 2.24) is 4.98 Å². The molecule has 0 fully saturated rings. The van der Waals surface area contributed by atoms with Crippen molar-refractivity contribution >= 4 is 16.8 Å². The Morgan fingerprint density at radius 1 is 1.57 bits per heavy atom. The topological polar surface area (TPSA) is 50.2 Å². The van der Waals surface area contributed by atoms with E-state index in [1.54, 1.807) is 0 Å². The molecule has 1 aromatic rings. The molecule has 1 N–H and O–H groups in total. The molecule has 0 radical (unpaired) electrons. The quantitative estimate of drug-likeness (QED) is 0.620. The van der Waals surface area contributed by atoms with Crippen LogP contribution in [0.1, 0.15) is 22.5 Å². The molecule has 0 aliphatic carbocycles. The summed E-state index contributed by atoms with van der Waals surface area (Å²) in [5.41, 5.74) is -1.86. The van der Waals surface area contributed by atoms with Crippen LogP contribution in [0.3, 0.4) is 0 Å². The molecular weight excluding hydrogens is 223 g/mol. The highest BCUT2D eigenvalue weighted by atomic mass is 35.5. The van der Waals surface area contributed by atoms with Crippen LogP contribution in [0.25, 0.3) is 0 Å². The third-order valence-electron chi connectivity index (χ3n) is 1.40. The van der Waals surface area contributed by atoms with Gasteiger partial charge in [-0.25, -0.2) is 13.8 Å². The zero-order valence-electron chi connectivity index (χ0n) is 6.47. The minimum absolute atomic E-state index is 0.513. The molecule has 0 amide bonds. The Kier molecular flexibility index (Phi) is 2.95. The zero-order chi connectivity index (χ0) is 10.9. The highest BCUT2D eigenvalue weighted by Gasteiger charge is 2.20. The maximum absolute atomic E-state index is 12.8. The third kappa shape index (κ3) is 1.95. The second-order valence-corrected chi connectivity index (χ2v) is 2.65.